The van der Waals surface area contributed by atoms with Crippen LogP contribution in [0.5, 0.6) is 5.75 Å². The Hall–Kier alpha value is -2.23. The van der Waals surface area contributed by atoms with Crippen LogP contribution < -0.4 is 10.2 Å². The maximum absolute atomic E-state index is 14.1. The predicted octanol–water partition coefficient (Wildman–Crippen LogP) is 3.99. The van der Waals surface area contributed by atoms with Gasteiger partial charge in [-0.2, -0.15) is 0 Å². The lowest BCUT2D eigenvalue weighted by Crippen LogP contribution is -2.26. The molecule has 0 aliphatic rings. The fraction of sp³-hybridized carbons (Fsp3) is 0.294. The zero-order valence-corrected chi connectivity index (χ0v) is 12.6. The number of hydrogen-bond acceptors (Lipinski definition) is 3. The van der Waals surface area contributed by atoms with E-state index in [0.717, 1.165) is 5.56 Å². The largest absolute Gasteiger partial charge is 0.508 e. The molecule has 0 bridgehead atoms. The number of para-hydroxylation sites is 1. The van der Waals surface area contributed by atoms with E-state index in [1.165, 1.54) is 6.07 Å². The summed E-state index contributed by atoms with van der Waals surface area (Å²) in [5.41, 5.74) is 2.05. The minimum absolute atomic E-state index is 0.236. The second kappa shape index (κ2) is 6.48. The molecular weight excluding hydrogens is 267 g/mol. The molecule has 0 unspecified atom stereocenters. The summed E-state index contributed by atoms with van der Waals surface area (Å²) >= 11 is 0. The number of hydrogen-bond donors (Lipinski definition) is 2. The number of rotatable bonds is 5. The molecule has 0 saturated heterocycles. The zero-order chi connectivity index (χ0) is 15.4. The summed E-state index contributed by atoms with van der Waals surface area (Å²) < 4.78 is 14.1. The van der Waals surface area contributed by atoms with Gasteiger partial charge in [-0.3, -0.25) is 0 Å². The number of nitrogens with zero attached hydrogens (tertiary/aromatic N) is 1. The number of anilines is 2. The second-order valence-electron chi connectivity index (χ2n) is 5.35. The van der Waals surface area contributed by atoms with Crippen LogP contribution in [-0.4, -0.2) is 18.2 Å². The van der Waals surface area contributed by atoms with Gasteiger partial charge >= 0.3 is 0 Å². The molecule has 0 aliphatic heterocycles. The smallest absolute Gasteiger partial charge is 0.148 e. The summed E-state index contributed by atoms with van der Waals surface area (Å²) in [4.78, 5) is 1.89. The van der Waals surface area contributed by atoms with Gasteiger partial charge in [0.15, 0.2) is 0 Å². The zero-order valence-electron chi connectivity index (χ0n) is 12.6. The first-order valence-electron chi connectivity index (χ1n) is 7.02. The number of phenolic OH excluding ortho intramolecular Hbond substituents is 1. The molecule has 0 amide bonds. The van der Waals surface area contributed by atoms with Gasteiger partial charge in [0, 0.05) is 30.9 Å². The van der Waals surface area contributed by atoms with Crippen LogP contribution in [0.2, 0.25) is 0 Å². The number of aromatic hydroxyl groups is 1. The van der Waals surface area contributed by atoms with Crippen molar-refractivity contribution in [3.8, 4) is 5.75 Å². The minimum Gasteiger partial charge on any atom is -0.508 e. The average molecular weight is 288 g/mol. The van der Waals surface area contributed by atoms with Crippen molar-refractivity contribution in [2.45, 2.75) is 26.4 Å². The maximum Gasteiger partial charge on any atom is 0.148 e. The van der Waals surface area contributed by atoms with Crippen LogP contribution in [0, 0.1) is 5.82 Å². The van der Waals surface area contributed by atoms with Gasteiger partial charge in [-0.1, -0.05) is 18.2 Å². The van der Waals surface area contributed by atoms with E-state index in [0.29, 0.717) is 17.9 Å². The van der Waals surface area contributed by atoms with Gasteiger partial charge in [0.2, 0.25) is 0 Å². The third kappa shape index (κ3) is 3.66. The first kappa shape index (κ1) is 15.2. The lowest BCUT2D eigenvalue weighted by atomic mass is 10.2. The molecule has 3 nitrogen and oxygen atoms in total. The maximum atomic E-state index is 14.1. The molecule has 21 heavy (non-hydrogen) atoms. The van der Waals surface area contributed by atoms with E-state index >= 15 is 0 Å². The van der Waals surface area contributed by atoms with Gasteiger partial charge in [-0.05, 0) is 38.1 Å². The predicted molar refractivity (Wildman–Crippen MR) is 85.4 cm³/mol. The minimum atomic E-state index is -0.256. The molecule has 0 aliphatic carbocycles. The van der Waals surface area contributed by atoms with Gasteiger partial charge in [0.1, 0.15) is 11.6 Å². The highest BCUT2D eigenvalue weighted by atomic mass is 19.1. The van der Waals surface area contributed by atoms with Gasteiger partial charge in [-0.25, -0.2) is 4.39 Å². The quantitative estimate of drug-likeness (QED) is 0.873. The monoisotopic (exact) mass is 288 g/mol. The van der Waals surface area contributed by atoms with E-state index in [1.807, 2.05) is 44.0 Å². The van der Waals surface area contributed by atoms with Gasteiger partial charge < -0.3 is 15.3 Å². The van der Waals surface area contributed by atoms with Crippen LogP contribution in [-0.2, 0) is 6.54 Å². The van der Waals surface area contributed by atoms with Crippen molar-refractivity contribution in [1.82, 2.24) is 0 Å². The summed E-state index contributed by atoms with van der Waals surface area (Å²) in [5, 5.41) is 12.8. The Balaban J connectivity index is 2.09. The number of phenols is 1. The number of halogens is 1. The van der Waals surface area contributed by atoms with Gasteiger partial charge in [0.05, 0.1) is 5.69 Å². The van der Waals surface area contributed by atoms with Crippen LogP contribution in [0.25, 0.3) is 0 Å². The van der Waals surface area contributed by atoms with E-state index in [4.69, 9.17) is 0 Å². The van der Waals surface area contributed by atoms with Crippen molar-refractivity contribution in [2.75, 3.05) is 17.3 Å². The van der Waals surface area contributed by atoms with Crippen molar-refractivity contribution in [2.24, 2.45) is 0 Å². The van der Waals surface area contributed by atoms with Gasteiger partial charge in [-0.15, -0.1) is 0 Å². The fourth-order valence-electron chi connectivity index (χ4n) is 2.04. The lowest BCUT2D eigenvalue weighted by molar-refractivity contribution is 0.469. The third-order valence-electron chi connectivity index (χ3n) is 3.58. The Morgan fingerprint density at radius 1 is 1.19 bits per heavy atom. The number of nitrogens with one attached hydrogen (secondary N) is 1. The summed E-state index contributed by atoms with van der Waals surface area (Å²) in [6, 6.07) is 12.4. The summed E-state index contributed by atoms with van der Waals surface area (Å²) in [5.74, 6) is -0.0184. The molecule has 0 heterocycles. The van der Waals surface area contributed by atoms with E-state index in [-0.39, 0.29) is 17.6 Å². The molecule has 2 rings (SSSR count). The standard InChI is InChI=1S/C17H21FN2O/c1-12(2)20(3)16-9-8-14(10-15(16)18)19-11-13-6-4-5-7-17(13)21/h4-10,12,19,21H,11H2,1-3H3. The molecule has 0 spiro atoms. The van der Waals surface area contributed by atoms with Crippen LogP contribution >= 0.6 is 0 Å². The molecule has 2 aromatic rings. The first-order valence-corrected chi connectivity index (χ1v) is 7.02. The average Bonchev–Trinajstić information content (AvgIpc) is 2.46. The molecule has 2 aromatic carbocycles. The van der Waals surface area contributed by atoms with Crippen molar-refractivity contribution >= 4 is 11.4 Å². The SMILES string of the molecule is CC(C)N(C)c1ccc(NCc2ccccc2O)cc1F. The van der Waals surface area contributed by atoms with Crippen LogP contribution in [0.3, 0.4) is 0 Å². The molecular formula is C17H21FN2O. The van der Waals surface area contributed by atoms with Crippen LogP contribution in [0.1, 0.15) is 19.4 Å². The van der Waals surface area contributed by atoms with Crippen molar-refractivity contribution < 1.29 is 9.50 Å². The molecule has 0 fully saturated rings. The van der Waals surface area contributed by atoms with Crippen LogP contribution in [0.15, 0.2) is 42.5 Å². The molecule has 0 aromatic heterocycles. The molecule has 112 valence electrons. The Morgan fingerprint density at radius 3 is 2.52 bits per heavy atom. The van der Waals surface area contributed by atoms with E-state index < -0.39 is 0 Å². The lowest BCUT2D eigenvalue weighted by Gasteiger charge is -2.24. The van der Waals surface area contributed by atoms with Crippen molar-refractivity contribution in [3.63, 3.8) is 0 Å². The summed E-state index contributed by atoms with van der Waals surface area (Å²) in [7, 11) is 1.87. The highest BCUT2D eigenvalue weighted by molar-refractivity contribution is 5.56. The first-order chi connectivity index (χ1) is 9.99. The van der Waals surface area contributed by atoms with Crippen molar-refractivity contribution in [3.05, 3.63) is 53.8 Å². The van der Waals surface area contributed by atoms with Crippen molar-refractivity contribution in [1.29, 1.82) is 0 Å². The molecule has 0 radical (unpaired) electrons. The Labute approximate surface area is 125 Å². The number of benzene rings is 2. The summed E-state index contributed by atoms with van der Waals surface area (Å²) in [6.07, 6.45) is 0. The molecule has 0 atom stereocenters. The van der Waals surface area contributed by atoms with E-state index in [2.05, 4.69) is 5.32 Å². The molecule has 2 N–H and O–H groups in total. The molecule has 0 saturated carbocycles. The topological polar surface area (TPSA) is 35.5 Å². The highest BCUT2D eigenvalue weighted by Crippen LogP contribution is 2.24. The Bertz CT molecular complexity index is 613. The summed E-state index contributed by atoms with van der Waals surface area (Å²) in [6.45, 7) is 4.49. The van der Waals surface area contributed by atoms with Gasteiger partial charge in [0.25, 0.3) is 0 Å². The Morgan fingerprint density at radius 2 is 1.90 bits per heavy atom. The van der Waals surface area contributed by atoms with E-state index in [9.17, 15) is 9.50 Å². The van der Waals surface area contributed by atoms with Crippen LogP contribution in [0.4, 0.5) is 15.8 Å². The molecule has 4 heteroatoms. The third-order valence-corrected chi connectivity index (χ3v) is 3.58. The fourth-order valence-corrected chi connectivity index (χ4v) is 2.04. The Kier molecular flexibility index (Phi) is 4.68. The second-order valence-corrected chi connectivity index (χ2v) is 5.35. The highest BCUT2D eigenvalue weighted by Gasteiger charge is 2.11. The van der Waals surface area contributed by atoms with E-state index in [1.54, 1.807) is 18.2 Å². The normalized spacial score (nSPS) is 10.7.